The van der Waals surface area contributed by atoms with Crippen LogP contribution in [0.25, 0.3) is 0 Å². The van der Waals surface area contributed by atoms with E-state index in [1.54, 1.807) is 6.92 Å². The van der Waals surface area contributed by atoms with Crippen LogP contribution in [0.1, 0.15) is 31.4 Å². The van der Waals surface area contributed by atoms with Crippen LogP contribution in [0.3, 0.4) is 0 Å². The van der Waals surface area contributed by atoms with Crippen LogP contribution in [-0.4, -0.2) is 30.1 Å². The Morgan fingerprint density at radius 2 is 2.13 bits per heavy atom. The number of carbonyl (C=O) groups is 2. The minimum atomic E-state index is -0.973. The van der Waals surface area contributed by atoms with Crippen molar-refractivity contribution in [2.45, 2.75) is 31.8 Å². The molecule has 5 nitrogen and oxygen atoms in total. The molecular weight excluding hydrogens is 323 g/mol. The van der Waals surface area contributed by atoms with Crippen molar-refractivity contribution >= 4 is 23.6 Å². The minimum absolute atomic E-state index is 0.0673. The van der Waals surface area contributed by atoms with E-state index < -0.39 is 17.8 Å². The number of rotatable bonds is 3. The zero-order valence-electron chi connectivity index (χ0n) is 12.7. The summed E-state index contributed by atoms with van der Waals surface area (Å²) in [6.07, 6.45) is 1.76. The smallest absolute Gasteiger partial charge is 0.337 e. The SMILES string of the molecule is COC(=O)C1=C(C)N(C2CC2)C(=O)N[C@@H]1c1c(F)cccc1Cl. The summed E-state index contributed by atoms with van der Waals surface area (Å²) in [4.78, 5) is 26.2. The molecule has 3 rings (SSSR count). The summed E-state index contributed by atoms with van der Waals surface area (Å²) < 4.78 is 19.1. The molecule has 122 valence electrons. The molecule has 0 saturated heterocycles. The molecule has 0 aromatic heterocycles. The van der Waals surface area contributed by atoms with Crippen molar-refractivity contribution in [3.8, 4) is 0 Å². The third-order valence-corrected chi connectivity index (χ3v) is 4.46. The number of benzene rings is 1. The second kappa shape index (κ2) is 5.85. The Labute approximate surface area is 138 Å². The zero-order valence-corrected chi connectivity index (χ0v) is 13.5. The lowest BCUT2D eigenvalue weighted by Crippen LogP contribution is -2.49. The highest BCUT2D eigenvalue weighted by atomic mass is 35.5. The van der Waals surface area contributed by atoms with Gasteiger partial charge in [-0.2, -0.15) is 0 Å². The molecule has 0 spiro atoms. The molecule has 1 aromatic carbocycles. The van der Waals surface area contributed by atoms with Crippen LogP contribution in [0.5, 0.6) is 0 Å². The van der Waals surface area contributed by atoms with Crippen molar-refractivity contribution in [3.63, 3.8) is 0 Å². The number of hydrogen-bond donors (Lipinski definition) is 1. The molecule has 1 atom stereocenters. The van der Waals surface area contributed by atoms with Crippen LogP contribution in [0.4, 0.5) is 9.18 Å². The quantitative estimate of drug-likeness (QED) is 0.861. The Hall–Kier alpha value is -2.08. The summed E-state index contributed by atoms with van der Waals surface area (Å²) in [5, 5.41) is 2.83. The Bertz CT molecular complexity index is 695. The van der Waals surface area contributed by atoms with Crippen LogP contribution in [-0.2, 0) is 9.53 Å². The topological polar surface area (TPSA) is 58.6 Å². The van der Waals surface area contributed by atoms with Gasteiger partial charge in [-0.1, -0.05) is 17.7 Å². The van der Waals surface area contributed by atoms with Gasteiger partial charge in [0.1, 0.15) is 5.82 Å². The lowest BCUT2D eigenvalue weighted by Gasteiger charge is -2.35. The van der Waals surface area contributed by atoms with Crippen molar-refractivity contribution in [1.82, 2.24) is 10.2 Å². The Morgan fingerprint density at radius 3 is 2.70 bits per heavy atom. The second-order valence-electron chi connectivity index (χ2n) is 5.61. The predicted molar refractivity (Wildman–Crippen MR) is 82.3 cm³/mol. The summed E-state index contributed by atoms with van der Waals surface area (Å²) >= 11 is 6.10. The largest absolute Gasteiger partial charge is 0.466 e. The maximum absolute atomic E-state index is 14.3. The average Bonchev–Trinajstić information content (AvgIpc) is 3.31. The first kappa shape index (κ1) is 15.8. The van der Waals surface area contributed by atoms with E-state index in [9.17, 15) is 14.0 Å². The fourth-order valence-corrected chi connectivity index (χ4v) is 3.18. The van der Waals surface area contributed by atoms with Crippen molar-refractivity contribution in [3.05, 3.63) is 45.9 Å². The molecule has 2 amide bonds. The highest BCUT2D eigenvalue weighted by molar-refractivity contribution is 6.31. The number of amides is 2. The third kappa shape index (κ3) is 2.67. The van der Waals surface area contributed by atoms with Gasteiger partial charge in [-0.15, -0.1) is 0 Å². The number of esters is 1. The summed E-state index contributed by atoms with van der Waals surface area (Å²) in [5.74, 6) is -1.20. The summed E-state index contributed by atoms with van der Waals surface area (Å²) in [6, 6.07) is 2.97. The molecule has 0 unspecified atom stereocenters. The Kier molecular flexibility index (Phi) is 4.02. The number of carbonyl (C=O) groups excluding carboxylic acids is 2. The molecule has 1 heterocycles. The van der Waals surface area contributed by atoms with Gasteiger partial charge in [-0.05, 0) is 31.9 Å². The second-order valence-corrected chi connectivity index (χ2v) is 6.02. The van der Waals surface area contributed by atoms with Gasteiger partial charge < -0.3 is 10.1 Å². The Morgan fingerprint density at radius 1 is 1.43 bits per heavy atom. The highest BCUT2D eigenvalue weighted by Gasteiger charge is 2.43. The molecule has 23 heavy (non-hydrogen) atoms. The highest BCUT2D eigenvalue weighted by Crippen LogP contribution is 2.40. The monoisotopic (exact) mass is 338 g/mol. The van der Waals surface area contributed by atoms with Gasteiger partial charge in [-0.3, -0.25) is 4.90 Å². The van der Waals surface area contributed by atoms with E-state index in [1.165, 1.54) is 30.2 Å². The average molecular weight is 339 g/mol. The van der Waals surface area contributed by atoms with Gasteiger partial charge in [-0.25, -0.2) is 14.0 Å². The number of methoxy groups -OCH3 is 1. The zero-order chi connectivity index (χ0) is 16.7. The maximum atomic E-state index is 14.3. The van der Waals surface area contributed by atoms with Crippen molar-refractivity contribution in [1.29, 1.82) is 0 Å². The number of urea groups is 1. The number of hydrogen-bond acceptors (Lipinski definition) is 3. The van der Waals surface area contributed by atoms with E-state index in [4.69, 9.17) is 16.3 Å². The molecule has 2 aliphatic rings. The molecule has 0 bridgehead atoms. The predicted octanol–water partition coefficient (Wildman–Crippen LogP) is 3.15. The van der Waals surface area contributed by atoms with Crippen LogP contribution in [0, 0.1) is 5.82 Å². The van der Waals surface area contributed by atoms with Crippen molar-refractivity contribution < 1.29 is 18.7 Å². The molecule has 1 saturated carbocycles. The van der Waals surface area contributed by atoms with E-state index in [-0.39, 0.29) is 28.2 Å². The molecule has 7 heteroatoms. The van der Waals surface area contributed by atoms with Crippen molar-refractivity contribution in [2.24, 2.45) is 0 Å². The normalized spacial score (nSPS) is 21.3. The number of nitrogens with one attached hydrogen (secondary N) is 1. The first-order valence-electron chi connectivity index (χ1n) is 7.28. The Balaban J connectivity index is 2.15. The van der Waals surface area contributed by atoms with Gasteiger partial charge >= 0.3 is 12.0 Å². The lowest BCUT2D eigenvalue weighted by molar-refractivity contribution is -0.136. The minimum Gasteiger partial charge on any atom is -0.466 e. The van der Waals surface area contributed by atoms with E-state index in [1.807, 2.05) is 0 Å². The van der Waals surface area contributed by atoms with E-state index in [0.717, 1.165) is 12.8 Å². The van der Waals surface area contributed by atoms with Gasteiger partial charge in [0.05, 0.1) is 18.7 Å². The molecule has 1 aliphatic carbocycles. The maximum Gasteiger partial charge on any atom is 0.337 e. The fourth-order valence-electron chi connectivity index (χ4n) is 2.91. The molecule has 1 fully saturated rings. The standard InChI is InChI=1S/C16H16ClFN2O3/c1-8-12(15(21)23-2)14(13-10(17)4-3-5-11(13)18)19-16(22)20(8)9-6-7-9/h3-5,9,14H,6-7H2,1-2H3,(H,19,22)/t14-/m0/s1. The van der Waals surface area contributed by atoms with Gasteiger partial charge in [0, 0.05) is 22.3 Å². The van der Waals surface area contributed by atoms with Crippen LogP contribution in [0.15, 0.2) is 29.5 Å². The summed E-state index contributed by atoms with van der Waals surface area (Å²) in [5.41, 5.74) is 0.746. The number of nitrogens with zero attached hydrogens (tertiary/aromatic N) is 1. The van der Waals surface area contributed by atoms with Gasteiger partial charge in [0.15, 0.2) is 0 Å². The van der Waals surface area contributed by atoms with Gasteiger partial charge in [0.25, 0.3) is 0 Å². The number of halogens is 2. The fraction of sp³-hybridized carbons (Fsp3) is 0.375. The summed E-state index contributed by atoms with van der Waals surface area (Å²) in [6.45, 7) is 1.67. The van der Waals surface area contributed by atoms with Crippen molar-refractivity contribution in [2.75, 3.05) is 7.11 Å². The first-order valence-corrected chi connectivity index (χ1v) is 7.66. The molecule has 0 radical (unpaired) electrons. The number of allylic oxidation sites excluding steroid dienone is 1. The van der Waals surface area contributed by atoms with Gasteiger partial charge in [0.2, 0.25) is 0 Å². The van der Waals surface area contributed by atoms with Crippen LogP contribution >= 0.6 is 11.6 Å². The third-order valence-electron chi connectivity index (χ3n) is 4.13. The molecular formula is C16H16ClFN2O3. The summed E-state index contributed by atoms with van der Waals surface area (Å²) in [7, 11) is 1.25. The van der Waals surface area contributed by atoms with E-state index in [0.29, 0.717) is 5.70 Å². The van der Waals surface area contributed by atoms with E-state index >= 15 is 0 Å². The molecule has 1 N–H and O–H groups in total. The molecule has 1 aliphatic heterocycles. The first-order chi connectivity index (χ1) is 11.0. The lowest BCUT2D eigenvalue weighted by atomic mass is 9.94. The molecule has 1 aromatic rings. The van der Waals surface area contributed by atoms with Crippen LogP contribution < -0.4 is 5.32 Å². The van der Waals surface area contributed by atoms with Crippen LogP contribution in [0.2, 0.25) is 5.02 Å². The van der Waals surface area contributed by atoms with E-state index in [2.05, 4.69) is 5.32 Å². The number of ether oxygens (including phenoxy) is 1.